The Morgan fingerprint density at radius 2 is 1.77 bits per heavy atom. The average Bonchev–Trinajstić information content (AvgIpc) is 3.13. The van der Waals surface area contributed by atoms with Crippen molar-refractivity contribution in [3.63, 3.8) is 0 Å². The van der Waals surface area contributed by atoms with Gasteiger partial charge in [0.2, 0.25) is 0 Å². The second-order valence-electron chi connectivity index (χ2n) is 8.48. The van der Waals surface area contributed by atoms with Crippen LogP contribution in [0.3, 0.4) is 0 Å². The maximum absolute atomic E-state index is 13.2. The van der Waals surface area contributed by atoms with E-state index in [-0.39, 0.29) is 11.3 Å². The number of carbonyl (C=O) groups is 2. The van der Waals surface area contributed by atoms with Crippen LogP contribution in [0.1, 0.15) is 23.6 Å². The highest BCUT2D eigenvalue weighted by Gasteiger charge is 2.45. The Hall–Kier alpha value is -3.13. The lowest BCUT2D eigenvalue weighted by Crippen LogP contribution is -2.38. The van der Waals surface area contributed by atoms with Crippen molar-refractivity contribution in [1.82, 2.24) is 9.80 Å². The SMILES string of the molecule is C=CCOc1ccc(/C(O)=C2\C(=O)C(=O)N(CCCN3CCOCC3)[C@H]2c2ccc(Cl)cc2)cc1. The number of benzene rings is 2. The molecule has 35 heavy (non-hydrogen) atoms. The van der Waals surface area contributed by atoms with Crippen LogP contribution in [0.4, 0.5) is 0 Å². The van der Waals surface area contributed by atoms with Crippen molar-refractivity contribution in [3.05, 3.63) is 82.9 Å². The van der Waals surface area contributed by atoms with Crippen LogP contribution in [0.25, 0.3) is 5.76 Å². The van der Waals surface area contributed by atoms with Crippen LogP contribution >= 0.6 is 11.6 Å². The summed E-state index contributed by atoms with van der Waals surface area (Å²) in [6.45, 7) is 8.28. The first-order valence-electron chi connectivity index (χ1n) is 11.7. The molecule has 0 radical (unpaired) electrons. The highest BCUT2D eigenvalue weighted by Crippen LogP contribution is 2.40. The van der Waals surface area contributed by atoms with Crippen molar-refractivity contribution in [2.75, 3.05) is 46.0 Å². The van der Waals surface area contributed by atoms with Crippen molar-refractivity contribution in [1.29, 1.82) is 0 Å². The van der Waals surface area contributed by atoms with Gasteiger partial charge in [0.1, 0.15) is 18.1 Å². The second-order valence-corrected chi connectivity index (χ2v) is 8.91. The zero-order valence-electron chi connectivity index (χ0n) is 19.5. The number of likely N-dealkylation sites (tertiary alicyclic amines) is 1. The van der Waals surface area contributed by atoms with E-state index < -0.39 is 17.7 Å². The average molecular weight is 497 g/mol. The molecule has 2 heterocycles. The van der Waals surface area contributed by atoms with E-state index >= 15 is 0 Å². The fraction of sp³-hybridized carbons (Fsp3) is 0.333. The standard InChI is InChI=1S/C27H29ClN2O5/c1-2-16-35-22-10-6-20(7-11-22)25(31)23-24(19-4-8-21(28)9-5-19)30(27(33)26(23)32)13-3-12-29-14-17-34-18-15-29/h2,4-11,24,31H,1,3,12-18H2/b25-23+/t24-/m0/s1. The maximum atomic E-state index is 13.2. The van der Waals surface area contributed by atoms with Crippen LogP contribution in [0.2, 0.25) is 5.02 Å². The van der Waals surface area contributed by atoms with Gasteiger partial charge >= 0.3 is 0 Å². The highest BCUT2D eigenvalue weighted by atomic mass is 35.5. The molecule has 0 bridgehead atoms. The summed E-state index contributed by atoms with van der Waals surface area (Å²) in [5.74, 6) is -0.909. The van der Waals surface area contributed by atoms with E-state index in [1.165, 1.54) is 0 Å². The van der Waals surface area contributed by atoms with Crippen molar-refractivity contribution in [3.8, 4) is 5.75 Å². The molecular weight excluding hydrogens is 468 g/mol. The molecule has 1 N–H and O–H groups in total. The van der Waals surface area contributed by atoms with E-state index in [2.05, 4.69) is 11.5 Å². The zero-order valence-corrected chi connectivity index (χ0v) is 20.2. The molecule has 2 aliphatic heterocycles. The molecule has 7 nitrogen and oxygen atoms in total. The molecule has 4 rings (SSSR count). The number of amides is 1. The van der Waals surface area contributed by atoms with Crippen molar-refractivity contribution < 1.29 is 24.2 Å². The van der Waals surface area contributed by atoms with Gasteiger partial charge < -0.3 is 19.5 Å². The van der Waals surface area contributed by atoms with E-state index in [9.17, 15) is 14.7 Å². The predicted octanol–water partition coefficient (Wildman–Crippen LogP) is 4.05. The summed E-state index contributed by atoms with van der Waals surface area (Å²) in [5, 5.41) is 11.7. The van der Waals surface area contributed by atoms with Gasteiger partial charge in [0.15, 0.2) is 0 Å². The van der Waals surface area contributed by atoms with E-state index in [1.807, 2.05) is 0 Å². The number of Topliss-reactive ketones (excluding diaryl/α,β-unsaturated/α-hetero) is 1. The Labute approximate surface area is 210 Å². The molecule has 1 atom stereocenters. The van der Waals surface area contributed by atoms with Gasteiger partial charge in [-0.2, -0.15) is 0 Å². The minimum absolute atomic E-state index is 0.0726. The Kier molecular flexibility index (Phi) is 8.23. The fourth-order valence-corrected chi connectivity index (χ4v) is 4.54. The Morgan fingerprint density at radius 1 is 1.09 bits per heavy atom. The van der Waals surface area contributed by atoms with Crippen LogP contribution in [0, 0.1) is 0 Å². The van der Waals surface area contributed by atoms with Crippen LogP contribution in [-0.4, -0.2) is 72.6 Å². The number of morpholine rings is 1. The number of ketones is 1. The van der Waals surface area contributed by atoms with Crippen molar-refractivity contribution >= 4 is 29.1 Å². The lowest BCUT2D eigenvalue weighted by molar-refractivity contribution is -0.140. The zero-order chi connectivity index (χ0) is 24.8. The van der Waals surface area contributed by atoms with Gasteiger partial charge in [-0.05, 0) is 48.4 Å². The molecule has 2 aliphatic rings. The van der Waals surface area contributed by atoms with E-state index in [0.29, 0.717) is 54.7 Å². The number of aliphatic hydroxyl groups is 1. The molecule has 1 amide bonds. The number of ether oxygens (including phenoxy) is 2. The number of aliphatic hydroxyl groups excluding tert-OH is 1. The summed E-state index contributed by atoms with van der Waals surface area (Å²) in [6, 6.07) is 13.0. The minimum atomic E-state index is -0.700. The molecule has 2 aromatic carbocycles. The monoisotopic (exact) mass is 496 g/mol. The molecular formula is C27H29ClN2O5. The number of halogens is 1. The summed E-state index contributed by atoms with van der Waals surface area (Å²) < 4.78 is 10.9. The van der Waals surface area contributed by atoms with Crippen LogP contribution in [-0.2, 0) is 14.3 Å². The molecule has 0 unspecified atom stereocenters. The van der Waals surface area contributed by atoms with Crippen LogP contribution in [0.5, 0.6) is 5.75 Å². The summed E-state index contributed by atoms with van der Waals surface area (Å²) in [6.07, 6.45) is 2.34. The Morgan fingerprint density at radius 3 is 2.43 bits per heavy atom. The molecule has 0 aromatic heterocycles. The highest BCUT2D eigenvalue weighted by molar-refractivity contribution is 6.46. The van der Waals surface area contributed by atoms with Gasteiger partial charge in [0, 0.05) is 36.8 Å². The lowest BCUT2D eigenvalue weighted by Gasteiger charge is -2.29. The van der Waals surface area contributed by atoms with Crippen molar-refractivity contribution in [2.24, 2.45) is 0 Å². The third-order valence-corrected chi connectivity index (χ3v) is 6.45. The minimum Gasteiger partial charge on any atom is -0.507 e. The summed E-state index contributed by atoms with van der Waals surface area (Å²) in [7, 11) is 0. The first kappa shape index (κ1) is 25.0. The molecule has 0 saturated carbocycles. The number of rotatable bonds is 9. The molecule has 8 heteroatoms. The topological polar surface area (TPSA) is 79.3 Å². The van der Waals surface area contributed by atoms with Crippen LogP contribution in [0.15, 0.2) is 66.8 Å². The predicted molar refractivity (Wildman–Crippen MR) is 134 cm³/mol. The Balaban J connectivity index is 1.63. The van der Waals surface area contributed by atoms with Gasteiger partial charge in [-0.3, -0.25) is 14.5 Å². The number of hydrogen-bond donors (Lipinski definition) is 1. The maximum Gasteiger partial charge on any atom is 0.295 e. The molecule has 2 fully saturated rings. The van der Waals surface area contributed by atoms with Crippen molar-refractivity contribution in [2.45, 2.75) is 12.5 Å². The lowest BCUT2D eigenvalue weighted by atomic mass is 9.95. The molecule has 2 saturated heterocycles. The normalized spacial score (nSPS) is 20.3. The smallest absolute Gasteiger partial charge is 0.295 e. The summed E-state index contributed by atoms with van der Waals surface area (Å²) >= 11 is 6.08. The summed E-state index contributed by atoms with van der Waals surface area (Å²) in [5.41, 5.74) is 1.22. The second kappa shape index (κ2) is 11.5. The third kappa shape index (κ3) is 5.75. The van der Waals surface area contributed by atoms with Gasteiger partial charge in [-0.1, -0.05) is 36.4 Å². The third-order valence-electron chi connectivity index (χ3n) is 6.20. The molecule has 0 aliphatic carbocycles. The number of hydrogen-bond acceptors (Lipinski definition) is 6. The van der Waals surface area contributed by atoms with Gasteiger partial charge in [0.05, 0.1) is 24.8 Å². The summed E-state index contributed by atoms with van der Waals surface area (Å²) in [4.78, 5) is 30.1. The largest absolute Gasteiger partial charge is 0.507 e. The van der Waals surface area contributed by atoms with E-state index in [0.717, 1.165) is 19.6 Å². The quantitative estimate of drug-likeness (QED) is 0.244. The van der Waals surface area contributed by atoms with Gasteiger partial charge in [0.25, 0.3) is 11.7 Å². The van der Waals surface area contributed by atoms with E-state index in [4.69, 9.17) is 21.1 Å². The van der Waals surface area contributed by atoms with E-state index in [1.54, 1.807) is 59.5 Å². The number of nitrogens with zero attached hydrogens (tertiary/aromatic N) is 2. The molecule has 0 spiro atoms. The van der Waals surface area contributed by atoms with Crippen LogP contribution < -0.4 is 4.74 Å². The molecule has 2 aromatic rings. The van der Waals surface area contributed by atoms with Gasteiger partial charge in [-0.25, -0.2) is 0 Å². The first-order chi connectivity index (χ1) is 17.0. The number of carbonyl (C=O) groups excluding carboxylic acids is 2. The Bertz CT molecular complexity index is 1090. The molecule has 184 valence electrons. The fourth-order valence-electron chi connectivity index (χ4n) is 4.41. The van der Waals surface area contributed by atoms with Gasteiger partial charge in [-0.15, -0.1) is 0 Å². The first-order valence-corrected chi connectivity index (χ1v) is 12.1.